The van der Waals surface area contributed by atoms with E-state index in [0.29, 0.717) is 52.4 Å². The number of carbonyl (C=O) groups excluding carboxylic acids is 1. The maximum atomic E-state index is 14.4. The van der Waals surface area contributed by atoms with Gasteiger partial charge in [0.1, 0.15) is 12.2 Å². The topological polar surface area (TPSA) is 168 Å². The molecule has 3 aromatic rings. The zero-order valence-electron chi connectivity index (χ0n) is 22.7. The first kappa shape index (κ1) is 32.8. The number of hydrogen-bond donors (Lipinski definition) is 4. The molecule has 232 valence electrons. The van der Waals surface area contributed by atoms with Crippen LogP contribution in [0.2, 0.25) is 9.36 Å². The number of hydrogen-bond acceptors (Lipinski definition) is 8. The van der Waals surface area contributed by atoms with Crippen LogP contribution in [0, 0.1) is 6.92 Å². The van der Waals surface area contributed by atoms with Crippen LogP contribution in [0.1, 0.15) is 51.3 Å². The molecule has 2 aliphatic heterocycles. The molecule has 2 aromatic heterocycles. The molecule has 5 N–H and O–H groups in total. The molecule has 1 fully saturated rings. The Balaban J connectivity index is 0.000000410. The van der Waals surface area contributed by atoms with Gasteiger partial charge in [-0.2, -0.15) is 13.9 Å². The van der Waals surface area contributed by atoms with Crippen LogP contribution in [0.4, 0.5) is 8.78 Å². The number of aliphatic carboxylic acids is 2. The molecule has 1 atom stereocenters. The third-order valence-corrected chi connectivity index (χ3v) is 8.99. The molecule has 2 aliphatic rings. The predicted molar refractivity (Wildman–Crippen MR) is 153 cm³/mol. The third-order valence-electron chi connectivity index (χ3n) is 7.23. The number of primary amides is 1. The molecule has 0 radical (unpaired) electrons. The van der Waals surface area contributed by atoms with E-state index in [4.69, 9.17) is 49.0 Å². The highest BCUT2D eigenvalue weighted by Crippen LogP contribution is 2.52. The summed E-state index contributed by atoms with van der Waals surface area (Å²) < 4.78 is 36.5. The van der Waals surface area contributed by atoms with Crippen LogP contribution in [-0.2, 0) is 32.4 Å². The number of thiophene rings is 1. The lowest BCUT2D eigenvalue weighted by Crippen LogP contribution is -2.48. The van der Waals surface area contributed by atoms with E-state index in [2.05, 4.69) is 10.00 Å². The van der Waals surface area contributed by atoms with Gasteiger partial charge in [-0.15, -0.1) is 11.3 Å². The number of nitrogens with zero attached hydrogens (tertiary/aromatic N) is 3. The average molecular weight is 662 g/mol. The van der Waals surface area contributed by atoms with E-state index in [1.54, 1.807) is 22.9 Å². The molecule has 43 heavy (non-hydrogen) atoms. The highest BCUT2D eigenvalue weighted by Gasteiger charge is 2.51. The number of carbonyl (C=O) groups is 3. The molecule has 11 nitrogen and oxygen atoms in total. The number of fused-ring (bicyclic) bond motifs is 2. The number of piperidine rings is 1. The molecule has 1 aromatic carbocycles. The molecule has 5 rings (SSSR count). The smallest absolute Gasteiger partial charge is 0.333 e. The normalized spacial score (nSPS) is 17.9. The Labute approximate surface area is 258 Å². The van der Waals surface area contributed by atoms with Crippen molar-refractivity contribution >= 4 is 52.4 Å². The van der Waals surface area contributed by atoms with Crippen LogP contribution in [0.3, 0.4) is 0 Å². The van der Waals surface area contributed by atoms with Gasteiger partial charge in [-0.25, -0.2) is 9.48 Å². The Morgan fingerprint density at radius 1 is 1.21 bits per heavy atom. The number of aliphatic hydroxyl groups excluding tert-OH is 1. The third kappa shape index (κ3) is 7.16. The number of para-hydroxylation sites is 1. The minimum atomic E-state index is -3.02. The molecule has 0 unspecified atom stereocenters. The summed E-state index contributed by atoms with van der Waals surface area (Å²) in [6, 6.07) is 6.35. The second-order valence-corrected chi connectivity index (χ2v) is 12.3. The predicted octanol–water partition coefficient (Wildman–Crippen LogP) is 4.17. The van der Waals surface area contributed by atoms with Gasteiger partial charge in [-0.3, -0.25) is 14.5 Å². The van der Waals surface area contributed by atoms with E-state index in [-0.39, 0.29) is 11.1 Å². The summed E-state index contributed by atoms with van der Waals surface area (Å²) in [5.74, 6) is -6.45. The largest absolute Gasteiger partial charge is 0.481 e. The Kier molecular flexibility index (Phi) is 9.79. The molecule has 1 saturated heterocycles. The second kappa shape index (κ2) is 12.8. The van der Waals surface area contributed by atoms with Crippen molar-refractivity contribution in [2.45, 2.75) is 50.4 Å². The Hall–Kier alpha value is -3.14. The molecular formula is C27H28Cl2F2N4O7S. The highest BCUT2D eigenvalue weighted by atomic mass is 35.5. The number of aromatic nitrogens is 2. The zero-order chi connectivity index (χ0) is 31.7. The monoisotopic (exact) mass is 660 g/mol. The molecule has 1 amide bonds. The van der Waals surface area contributed by atoms with Gasteiger partial charge in [0.05, 0.1) is 32.7 Å². The minimum absolute atomic E-state index is 0.00400. The van der Waals surface area contributed by atoms with Crippen molar-refractivity contribution in [2.75, 3.05) is 19.7 Å². The van der Waals surface area contributed by atoms with Crippen LogP contribution in [0.15, 0.2) is 30.5 Å². The van der Waals surface area contributed by atoms with Crippen LogP contribution in [0.5, 0.6) is 0 Å². The summed E-state index contributed by atoms with van der Waals surface area (Å²) in [4.78, 5) is 34.1. The van der Waals surface area contributed by atoms with Crippen molar-refractivity contribution in [3.8, 4) is 5.69 Å². The first-order valence-corrected chi connectivity index (χ1v) is 14.5. The number of aryl methyl sites for hydroxylation is 1. The fraction of sp³-hybridized carbons (Fsp3) is 0.407. The van der Waals surface area contributed by atoms with Crippen molar-refractivity contribution in [3.63, 3.8) is 0 Å². The SMILES string of the molecule is Cc1nn(-c2c(Cl)cccc2C(N)=O)cc1CN1CCC2(CC1)OCC(F)(F)c1cc(Cl)sc12.O=C(O)C[C@@H](O)C(=O)O. The maximum Gasteiger partial charge on any atom is 0.333 e. The summed E-state index contributed by atoms with van der Waals surface area (Å²) in [5.41, 5.74) is 7.32. The lowest BCUT2D eigenvalue weighted by atomic mass is 9.84. The number of ether oxygens (including phenoxy) is 1. The van der Waals surface area contributed by atoms with Crippen molar-refractivity contribution in [1.29, 1.82) is 0 Å². The molecular weight excluding hydrogens is 633 g/mol. The Morgan fingerprint density at radius 2 is 1.88 bits per heavy atom. The van der Waals surface area contributed by atoms with E-state index in [1.165, 1.54) is 17.4 Å². The summed E-state index contributed by atoms with van der Waals surface area (Å²) >= 11 is 13.6. The molecule has 16 heteroatoms. The first-order valence-electron chi connectivity index (χ1n) is 12.9. The summed E-state index contributed by atoms with van der Waals surface area (Å²) in [5, 5.41) is 29.1. The lowest BCUT2D eigenvalue weighted by Gasteiger charge is -2.45. The number of likely N-dealkylation sites (tertiary alicyclic amines) is 1. The van der Waals surface area contributed by atoms with Gasteiger partial charge >= 0.3 is 11.9 Å². The fourth-order valence-electron chi connectivity index (χ4n) is 4.99. The van der Waals surface area contributed by atoms with Gasteiger partial charge in [0.25, 0.3) is 11.8 Å². The first-order chi connectivity index (χ1) is 20.1. The summed E-state index contributed by atoms with van der Waals surface area (Å²) in [6.45, 7) is 3.23. The van der Waals surface area contributed by atoms with Crippen molar-refractivity contribution in [1.82, 2.24) is 14.7 Å². The summed E-state index contributed by atoms with van der Waals surface area (Å²) in [6.07, 6.45) is 0.493. The fourth-order valence-corrected chi connectivity index (χ4v) is 6.73. The number of carboxylic acids is 2. The van der Waals surface area contributed by atoms with Gasteiger partial charge in [-0.1, -0.05) is 29.3 Å². The number of halogens is 4. The molecule has 4 heterocycles. The highest BCUT2D eigenvalue weighted by molar-refractivity contribution is 7.16. The average Bonchev–Trinajstić information content (AvgIpc) is 3.51. The van der Waals surface area contributed by atoms with Crippen molar-refractivity contribution in [2.24, 2.45) is 5.73 Å². The van der Waals surface area contributed by atoms with Gasteiger partial charge in [0, 0.05) is 41.8 Å². The number of aliphatic hydroxyl groups is 1. The lowest BCUT2D eigenvalue weighted by molar-refractivity contribution is -0.182. The number of benzene rings is 1. The van der Waals surface area contributed by atoms with Crippen LogP contribution in [-0.4, -0.2) is 73.6 Å². The van der Waals surface area contributed by atoms with Gasteiger partial charge < -0.3 is 25.8 Å². The van der Waals surface area contributed by atoms with Gasteiger partial charge in [0.2, 0.25) is 0 Å². The molecule has 0 bridgehead atoms. The van der Waals surface area contributed by atoms with E-state index in [0.717, 1.165) is 11.3 Å². The van der Waals surface area contributed by atoms with E-state index in [1.807, 2.05) is 13.1 Å². The maximum absolute atomic E-state index is 14.4. The second-order valence-electron chi connectivity index (χ2n) is 10.2. The van der Waals surface area contributed by atoms with E-state index in [9.17, 15) is 23.2 Å². The summed E-state index contributed by atoms with van der Waals surface area (Å²) in [7, 11) is 0. The van der Waals surface area contributed by atoms with Crippen molar-refractivity contribution < 1.29 is 43.2 Å². The quantitative estimate of drug-likeness (QED) is 0.291. The number of rotatable bonds is 7. The number of amides is 1. The minimum Gasteiger partial charge on any atom is -0.481 e. The number of nitrogens with two attached hydrogens (primary N) is 1. The van der Waals surface area contributed by atoms with Crippen LogP contribution in [0.25, 0.3) is 5.69 Å². The van der Waals surface area contributed by atoms with E-state index >= 15 is 0 Å². The van der Waals surface area contributed by atoms with Gasteiger partial charge in [0.15, 0.2) is 6.10 Å². The Bertz CT molecular complexity index is 1540. The van der Waals surface area contributed by atoms with E-state index < -0.39 is 48.5 Å². The standard InChI is InChI=1S/C23H22Cl2F2N4O2S.C4H6O5/c1-13-14(11-31(29-13)19-15(21(28)32)3-2-4-17(19)24)10-30-7-5-22(6-8-30)20-16(9-18(25)34-20)23(26,27)12-33-22;5-2(4(8)9)1-3(6)7/h2-4,9,11H,5-8,10,12H2,1H3,(H2,28,32);2,5H,1H2,(H,6,7)(H,8,9)/t;2-/m.1/s1. The zero-order valence-corrected chi connectivity index (χ0v) is 25.1. The van der Waals surface area contributed by atoms with Crippen LogP contribution < -0.4 is 5.73 Å². The molecule has 0 aliphatic carbocycles. The van der Waals surface area contributed by atoms with Crippen LogP contribution >= 0.6 is 34.5 Å². The number of carboxylic acid groups (broad SMARTS) is 2. The molecule has 1 spiro atoms. The molecule has 0 saturated carbocycles. The van der Waals surface area contributed by atoms with Gasteiger partial charge in [-0.05, 0) is 38.0 Å². The number of alkyl halides is 2. The Morgan fingerprint density at radius 3 is 2.47 bits per heavy atom. The van der Waals surface area contributed by atoms with Crippen molar-refractivity contribution in [3.05, 3.63) is 67.1 Å².